The lowest BCUT2D eigenvalue weighted by atomic mass is 9.89. The summed E-state index contributed by atoms with van der Waals surface area (Å²) in [6.45, 7) is 4.15. The summed E-state index contributed by atoms with van der Waals surface area (Å²) in [6.07, 6.45) is 9.33. The number of hydrogen-bond acceptors (Lipinski definition) is 9. The third kappa shape index (κ3) is 8.67. The van der Waals surface area contributed by atoms with Gasteiger partial charge in [0.2, 0.25) is 5.91 Å². The fourth-order valence-electron chi connectivity index (χ4n) is 4.32. The van der Waals surface area contributed by atoms with E-state index in [-0.39, 0.29) is 16.3 Å². The van der Waals surface area contributed by atoms with E-state index in [1.807, 2.05) is 0 Å². The second-order valence-electron chi connectivity index (χ2n) is 8.82. The Morgan fingerprint density at radius 1 is 1.19 bits per heavy atom. The van der Waals surface area contributed by atoms with Crippen molar-refractivity contribution in [3.8, 4) is 0 Å². The molecule has 0 aliphatic heterocycles. The highest BCUT2D eigenvalue weighted by molar-refractivity contribution is 8.06. The van der Waals surface area contributed by atoms with Crippen molar-refractivity contribution in [3.63, 3.8) is 0 Å². The van der Waals surface area contributed by atoms with Gasteiger partial charge in [-0.25, -0.2) is 13.4 Å². The number of anilines is 1. The van der Waals surface area contributed by atoms with E-state index in [0.29, 0.717) is 30.7 Å². The Bertz CT molecular complexity index is 1140. The molecule has 0 unspecified atom stereocenters. The summed E-state index contributed by atoms with van der Waals surface area (Å²) in [5.74, 6) is 0.0560. The molecule has 3 rings (SSSR count). The number of amides is 1. The maximum Gasteiger partial charge on any atom is 0.340 e. The highest BCUT2D eigenvalue weighted by Gasteiger charge is 2.26. The molecule has 1 saturated carbocycles. The number of sulfone groups is 1. The summed E-state index contributed by atoms with van der Waals surface area (Å²) in [6, 6.07) is 6.59. The number of aromatic nitrogens is 1. The first kappa shape index (κ1) is 29.3. The summed E-state index contributed by atoms with van der Waals surface area (Å²) in [7, 11) is -6.49. The molecule has 0 saturated heterocycles. The van der Waals surface area contributed by atoms with E-state index in [1.165, 1.54) is 55.0 Å². The number of benzene rings is 1. The second-order valence-corrected chi connectivity index (χ2v) is 15.6. The molecule has 1 aliphatic carbocycles. The van der Waals surface area contributed by atoms with E-state index < -0.39 is 23.4 Å². The first-order valence-corrected chi connectivity index (χ1v) is 17.6. The van der Waals surface area contributed by atoms with Gasteiger partial charge in [0.15, 0.2) is 15.0 Å². The smallest absolute Gasteiger partial charge is 0.308 e. The monoisotopic (exact) mass is 574 g/mol. The van der Waals surface area contributed by atoms with E-state index in [0.717, 1.165) is 16.2 Å². The molecule has 1 atom stereocenters. The molecule has 0 radical (unpaired) electrons. The molecule has 1 fully saturated rings. The lowest BCUT2D eigenvalue weighted by molar-refractivity contribution is -0.117. The van der Waals surface area contributed by atoms with Crippen molar-refractivity contribution < 1.29 is 26.8 Å². The largest absolute Gasteiger partial charge is 0.340 e. The van der Waals surface area contributed by atoms with Gasteiger partial charge in [-0.15, -0.1) is 11.8 Å². The average Bonchev–Trinajstić information content (AvgIpc) is 3.50. The number of hydrogen-bond donors (Lipinski definition) is 1. The van der Waals surface area contributed by atoms with Gasteiger partial charge in [0.25, 0.3) is 0 Å². The van der Waals surface area contributed by atoms with E-state index in [2.05, 4.69) is 10.3 Å². The van der Waals surface area contributed by atoms with Crippen LogP contribution in [0.15, 0.2) is 39.6 Å². The van der Waals surface area contributed by atoms with E-state index in [1.54, 1.807) is 44.3 Å². The number of nitrogens with zero attached hydrogens (tertiary/aromatic N) is 1. The van der Waals surface area contributed by atoms with Gasteiger partial charge in [0, 0.05) is 6.26 Å². The lowest BCUT2D eigenvalue weighted by Crippen LogP contribution is -2.22. The minimum Gasteiger partial charge on any atom is -0.308 e. The van der Waals surface area contributed by atoms with Crippen molar-refractivity contribution in [3.05, 3.63) is 36.0 Å². The van der Waals surface area contributed by atoms with Crippen LogP contribution >= 0.6 is 30.7 Å². The van der Waals surface area contributed by atoms with Gasteiger partial charge in [-0.05, 0) is 50.3 Å². The third-order valence-corrected chi connectivity index (χ3v) is 12.0. The zero-order valence-corrected chi connectivity index (χ0v) is 24.3. The fourth-order valence-corrected chi connectivity index (χ4v) is 9.18. The Labute approximate surface area is 222 Å². The number of rotatable bonds is 14. The summed E-state index contributed by atoms with van der Waals surface area (Å²) in [5.41, 5.74) is 0.958. The number of carbonyl (C=O) groups is 1. The molecule has 36 heavy (non-hydrogen) atoms. The minimum absolute atomic E-state index is 0.166. The van der Waals surface area contributed by atoms with Crippen LogP contribution in [0.25, 0.3) is 0 Å². The van der Waals surface area contributed by atoms with Crippen LogP contribution < -0.4 is 5.32 Å². The Balaban J connectivity index is 1.69. The van der Waals surface area contributed by atoms with Crippen molar-refractivity contribution in [1.29, 1.82) is 0 Å². The molecule has 1 aromatic heterocycles. The molecule has 1 heterocycles. The molecular formula is C24H35N2O6PS3. The van der Waals surface area contributed by atoms with Gasteiger partial charge >= 0.3 is 7.60 Å². The Kier molecular flexibility index (Phi) is 11.0. The highest BCUT2D eigenvalue weighted by atomic mass is 32.2. The Morgan fingerprint density at radius 2 is 1.83 bits per heavy atom. The molecule has 12 heteroatoms. The zero-order valence-electron chi connectivity index (χ0n) is 21.0. The van der Waals surface area contributed by atoms with Crippen molar-refractivity contribution in [2.24, 2.45) is 5.92 Å². The Morgan fingerprint density at radius 3 is 2.42 bits per heavy atom. The summed E-state index contributed by atoms with van der Waals surface area (Å²) < 4.78 is 47.9. The standard InChI is InChI=1S/C24H35N2O6PS3/c1-4-31-33(28,32-5-2)17-34-22-16-25-24(35-22)26-23(27)21(15-10-18-8-6-7-9-18)19-11-13-20(14-12-19)36(3,29)30/h11-14,16,18,21H,4-10,15,17H2,1-3H3,(H,25,26,27)/t21-/m1/s1. The van der Waals surface area contributed by atoms with Gasteiger partial charge in [0.05, 0.1) is 34.4 Å². The molecule has 1 N–H and O–H groups in total. The van der Waals surface area contributed by atoms with E-state index in [4.69, 9.17) is 9.05 Å². The first-order valence-electron chi connectivity index (χ1n) is 12.2. The van der Waals surface area contributed by atoms with E-state index >= 15 is 0 Å². The highest BCUT2D eigenvalue weighted by Crippen LogP contribution is 2.52. The van der Waals surface area contributed by atoms with Crippen molar-refractivity contribution >= 4 is 51.6 Å². The van der Waals surface area contributed by atoms with Crippen molar-refractivity contribution in [2.75, 3.05) is 30.3 Å². The molecule has 1 aromatic carbocycles. The van der Waals surface area contributed by atoms with Crippen molar-refractivity contribution in [1.82, 2.24) is 4.98 Å². The number of carbonyl (C=O) groups excluding carboxylic acids is 1. The molecule has 2 aromatic rings. The molecule has 0 spiro atoms. The lowest BCUT2D eigenvalue weighted by Gasteiger charge is -2.19. The van der Waals surface area contributed by atoms with Crippen LogP contribution in [0.2, 0.25) is 0 Å². The number of thiazole rings is 1. The third-order valence-electron chi connectivity index (χ3n) is 6.10. The van der Waals surface area contributed by atoms with Crippen LogP contribution in [0.1, 0.15) is 63.9 Å². The number of thioether (sulfide) groups is 1. The minimum atomic E-state index is -3.31. The average molecular weight is 575 g/mol. The summed E-state index contributed by atoms with van der Waals surface area (Å²) >= 11 is 2.63. The molecule has 8 nitrogen and oxygen atoms in total. The first-order chi connectivity index (χ1) is 17.1. The van der Waals surface area contributed by atoms with Crippen LogP contribution in [0.5, 0.6) is 0 Å². The topological polar surface area (TPSA) is 112 Å². The molecule has 200 valence electrons. The summed E-state index contributed by atoms with van der Waals surface area (Å²) in [5, 5.41) is 3.40. The van der Waals surface area contributed by atoms with E-state index in [9.17, 15) is 17.8 Å². The number of nitrogens with one attached hydrogen (secondary N) is 1. The van der Waals surface area contributed by atoms with Gasteiger partial charge in [0.1, 0.15) is 5.49 Å². The molecule has 1 amide bonds. The van der Waals surface area contributed by atoms with Gasteiger partial charge < -0.3 is 14.4 Å². The van der Waals surface area contributed by atoms with Gasteiger partial charge in [-0.2, -0.15) is 0 Å². The van der Waals surface area contributed by atoms with Gasteiger partial charge in [-0.3, -0.25) is 9.36 Å². The maximum absolute atomic E-state index is 13.3. The quantitative estimate of drug-likeness (QED) is 0.200. The summed E-state index contributed by atoms with van der Waals surface area (Å²) in [4.78, 5) is 17.9. The fraction of sp³-hybridized carbons (Fsp3) is 0.583. The maximum atomic E-state index is 13.3. The van der Waals surface area contributed by atoms with Crippen LogP contribution in [0, 0.1) is 5.92 Å². The zero-order chi connectivity index (χ0) is 26.2. The normalized spacial score (nSPS) is 15.8. The Hall–Kier alpha value is -1.23. The second kappa shape index (κ2) is 13.5. The predicted molar refractivity (Wildman–Crippen MR) is 146 cm³/mol. The van der Waals surface area contributed by atoms with Crippen LogP contribution in [0.3, 0.4) is 0 Å². The molecular weight excluding hydrogens is 539 g/mol. The van der Waals surface area contributed by atoms with Gasteiger partial charge in [-0.1, -0.05) is 49.2 Å². The van der Waals surface area contributed by atoms with Crippen LogP contribution in [0.4, 0.5) is 5.13 Å². The van der Waals surface area contributed by atoms with Crippen LogP contribution in [-0.4, -0.2) is 44.3 Å². The predicted octanol–water partition coefficient (Wildman–Crippen LogP) is 6.56. The SMILES string of the molecule is CCOP(=O)(CSc1cnc(NC(=O)[C@H](CCC2CCCC2)c2ccc(S(C)(=O)=O)cc2)s1)OCC. The van der Waals surface area contributed by atoms with Crippen molar-refractivity contribution in [2.45, 2.75) is 67.4 Å². The molecule has 0 bridgehead atoms. The molecule has 1 aliphatic rings. The van der Waals surface area contributed by atoms with Crippen LogP contribution in [-0.2, 0) is 28.2 Å².